The zero-order chi connectivity index (χ0) is 23.6. The molecule has 0 radical (unpaired) electrons. The number of nitrogens with two attached hydrogens (primary N) is 1. The number of halogens is 1. The van der Waals surface area contributed by atoms with Gasteiger partial charge in [-0.05, 0) is 12.8 Å². The number of imidazole rings is 1. The molecule has 0 bridgehead atoms. The van der Waals surface area contributed by atoms with Gasteiger partial charge in [-0.2, -0.15) is 9.97 Å². The van der Waals surface area contributed by atoms with Crippen molar-refractivity contribution in [1.29, 1.82) is 0 Å². The summed E-state index contributed by atoms with van der Waals surface area (Å²) >= 11 is 0. The van der Waals surface area contributed by atoms with Crippen LogP contribution in [-0.4, -0.2) is 63.0 Å². The number of nitrogens with one attached hydrogen (secondary N) is 1. The second-order valence-electron chi connectivity index (χ2n) is 8.23. The summed E-state index contributed by atoms with van der Waals surface area (Å²) in [4.78, 5) is 36.5. The van der Waals surface area contributed by atoms with Gasteiger partial charge in [-0.3, -0.25) is 14.2 Å². The maximum Gasteiger partial charge on any atom is 0.306 e. The van der Waals surface area contributed by atoms with Crippen molar-refractivity contribution in [1.82, 2.24) is 19.5 Å². The molecule has 0 aromatic carbocycles. The molecular weight excluding hydrogens is 423 g/mol. The highest BCUT2D eigenvalue weighted by atomic mass is 19.1. The average Bonchev–Trinajstić information content (AvgIpc) is 3.23. The van der Waals surface area contributed by atoms with Gasteiger partial charge in [0, 0.05) is 19.9 Å². The van der Waals surface area contributed by atoms with E-state index in [4.69, 9.17) is 19.9 Å². The molecule has 3 rings (SSSR count). The Kier molecular flexibility index (Phi) is 6.82. The summed E-state index contributed by atoms with van der Waals surface area (Å²) in [5, 5.41) is 2.87. The van der Waals surface area contributed by atoms with Gasteiger partial charge in [0.1, 0.15) is 12.7 Å². The predicted molar refractivity (Wildman–Crippen MR) is 113 cm³/mol. The Bertz CT molecular complexity index is 994. The molecule has 3 heterocycles. The largest absolute Gasteiger partial charge is 0.463 e. The van der Waals surface area contributed by atoms with Crippen molar-refractivity contribution in [2.45, 2.75) is 64.6 Å². The fraction of sp³-hybridized carbons (Fsp3) is 0.650. The van der Waals surface area contributed by atoms with Crippen molar-refractivity contribution in [2.75, 3.05) is 24.7 Å². The molecule has 0 spiro atoms. The number of ether oxygens (including phenoxy) is 3. The zero-order valence-electron chi connectivity index (χ0n) is 18.8. The van der Waals surface area contributed by atoms with Crippen molar-refractivity contribution < 1.29 is 28.2 Å². The first kappa shape index (κ1) is 23.6. The monoisotopic (exact) mass is 452 g/mol. The molecule has 1 aliphatic rings. The van der Waals surface area contributed by atoms with Crippen LogP contribution in [0.3, 0.4) is 0 Å². The maximum absolute atomic E-state index is 16.1. The topological polar surface area (TPSA) is 143 Å². The second-order valence-corrected chi connectivity index (χ2v) is 8.23. The minimum atomic E-state index is -2.19. The fourth-order valence-corrected chi connectivity index (χ4v) is 3.60. The first-order valence-electron chi connectivity index (χ1n) is 10.5. The highest BCUT2D eigenvalue weighted by Crippen LogP contribution is 2.44. The average molecular weight is 452 g/mol. The lowest BCUT2D eigenvalue weighted by Gasteiger charge is -2.27. The van der Waals surface area contributed by atoms with Gasteiger partial charge in [0.05, 0.1) is 6.33 Å². The number of carbonyl (C=O) groups excluding carboxylic acids is 2. The number of aromatic nitrogens is 4. The molecule has 4 atom stereocenters. The number of alkyl halides is 1. The van der Waals surface area contributed by atoms with Crippen molar-refractivity contribution in [3.05, 3.63) is 6.33 Å². The number of fused-ring (bicyclic) bond motifs is 1. The van der Waals surface area contributed by atoms with Crippen LogP contribution in [0, 0.1) is 5.92 Å². The first-order valence-corrected chi connectivity index (χ1v) is 10.5. The third-order valence-corrected chi connectivity index (χ3v) is 5.14. The number of carbonyl (C=O) groups is 2. The molecule has 12 heteroatoms. The minimum absolute atomic E-state index is 0.0321. The zero-order valence-corrected chi connectivity index (χ0v) is 18.8. The molecule has 1 fully saturated rings. The number of esters is 2. The number of hydrogen-bond acceptors (Lipinski definition) is 10. The van der Waals surface area contributed by atoms with Gasteiger partial charge >= 0.3 is 11.9 Å². The van der Waals surface area contributed by atoms with E-state index in [1.165, 1.54) is 17.8 Å². The van der Waals surface area contributed by atoms with Crippen LogP contribution in [0.2, 0.25) is 0 Å². The highest BCUT2D eigenvalue weighted by molar-refractivity contribution is 5.84. The Morgan fingerprint density at radius 2 is 2.09 bits per heavy atom. The standard InChI is InChI=1S/C20H29FN6O5/c1-6-12(28)32-15-11(8-30-13(29)7-10(2)3)31-18(20(15,4)21)27-9-24-14-16(23-5)25-19(22)26-17(14)27/h9-11,15,18H,6-8H2,1-5H3,(H3,22,23,25,26)/t11-,15-,18-,20-/m1/s1. The molecule has 1 aliphatic heterocycles. The van der Waals surface area contributed by atoms with Crippen LogP contribution in [0.5, 0.6) is 0 Å². The lowest BCUT2D eigenvalue weighted by molar-refractivity contribution is -0.161. The van der Waals surface area contributed by atoms with Crippen LogP contribution in [0.1, 0.15) is 46.8 Å². The molecule has 32 heavy (non-hydrogen) atoms. The lowest BCUT2D eigenvalue weighted by atomic mass is 9.98. The lowest BCUT2D eigenvalue weighted by Crippen LogP contribution is -2.44. The van der Waals surface area contributed by atoms with Gasteiger partial charge in [0.25, 0.3) is 0 Å². The number of rotatable bonds is 8. The third kappa shape index (κ3) is 4.59. The van der Waals surface area contributed by atoms with Crippen LogP contribution in [0.15, 0.2) is 6.33 Å². The Labute approximate surface area is 184 Å². The minimum Gasteiger partial charge on any atom is -0.463 e. The molecular formula is C20H29FN6O5. The van der Waals surface area contributed by atoms with Crippen LogP contribution in [-0.2, 0) is 23.8 Å². The number of nitrogens with zero attached hydrogens (tertiary/aromatic N) is 4. The van der Waals surface area contributed by atoms with E-state index in [0.717, 1.165) is 0 Å². The van der Waals surface area contributed by atoms with E-state index in [1.807, 2.05) is 13.8 Å². The van der Waals surface area contributed by atoms with E-state index in [9.17, 15) is 9.59 Å². The summed E-state index contributed by atoms with van der Waals surface area (Å²) in [6.07, 6.45) is -1.99. The predicted octanol–water partition coefficient (Wildman–Crippen LogP) is 1.99. The van der Waals surface area contributed by atoms with Crippen LogP contribution in [0.4, 0.5) is 16.2 Å². The molecule has 0 aliphatic carbocycles. The Morgan fingerprint density at radius 3 is 2.72 bits per heavy atom. The van der Waals surface area contributed by atoms with E-state index < -0.39 is 36.0 Å². The normalized spacial score (nSPS) is 25.3. The third-order valence-electron chi connectivity index (χ3n) is 5.14. The van der Waals surface area contributed by atoms with Gasteiger partial charge in [-0.25, -0.2) is 9.37 Å². The maximum atomic E-state index is 16.1. The number of nitrogen functional groups attached to an aromatic ring is 1. The summed E-state index contributed by atoms with van der Waals surface area (Å²) in [6.45, 7) is 6.35. The summed E-state index contributed by atoms with van der Waals surface area (Å²) in [5.74, 6) is -0.599. The molecule has 3 N–H and O–H groups in total. The number of anilines is 2. The van der Waals surface area contributed by atoms with Crippen molar-refractivity contribution in [3.63, 3.8) is 0 Å². The summed E-state index contributed by atoms with van der Waals surface area (Å²) in [6, 6.07) is 0. The quantitative estimate of drug-likeness (QED) is 0.571. The van der Waals surface area contributed by atoms with Gasteiger partial charge in [0.15, 0.2) is 35.0 Å². The van der Waals surface area contributed by atoms with Gasteiger partial charge < -0.3 is 25.3 Å². The SMILES string of the molecule is CCC(=O)O[C@@H]1[C@@H](COC(=O)CC(C)C)O[C@@H](n2cnc3c(NC)nc(N)nc32)[C@]1(C)F. The van der Waals surface area contributed by atoms with Crippen molar-refractivity contribution in [2.24, 2.45) is 5.92 Å². The second kappa shape index (κ2) is 9.23. The molecule has 176 valence electrons. The van der Waals surface area contributed by atoms with Crippen LogP contribution < -0.4 is 11.1 Å². The molecule has 0 amide bonds. The fourth-order valence-electron chi connectivity index (χ4n) is 3.60. The smallest absolute Gasteiger partial charge is 0.306 e. The van der Waals surface area contributed by atoms with E-state index in [0.29, 0.717) is 11.3 Å². The van der Waals surface area contributed by atoms with Gasteiger partial charge in [-0.1, -0.05) is 20.8 Å². The summed E-state index contributed by atoms with van der Waals surface area (Å²) in [7, 11) is 1.65. The Morgan fingerprint density at radius 1 is 1.38 bits per heavy atom. The first-order chi connectivity index (χ1) is 15.1. The summed E-state index contributed by atoms with van der Waals surface area (Å²) in [5.41, 5.74) is 4.22. The van der Waals surface area contributed by atoms with Crippen LogP contribution >= 0.6 is 0 Å². The van der Waals surface area contributed by atoms with E-state index in [2.05, 4.69) is 20.3 Å². The van der Waals surface area contributed by atoms with Crippen molar-refractivity contribution in [3.8, 4) is 0 Å². The molecule has 0 saturated carbocycles. The van der Waals surface area contributed by atoms with E-state index >= 15 is 4.39 Å². The van der Waals surface area contributed by atoms with E-state index in [-0.39, 0.29) is 37.0 Å². The molecule has 11 nitrogen and oxygen atoms in total. The van der Waals surface area contributed by atoms with Crippen LogP contribution in [0.25, 0.3) is 11.2 Å². The molecule has 1 saturated heterocycles. The van der Waals surface area contributed by atoms with Gasteiger partial charge in [-0.15, -0.1) is 0 Å². The molecule has 2 aromatic heterocycles. The highest BCUT2D eigenvalue weighted by Gasteiger charge is 2.58. The Hall–Kier alpha value is -3.02. The Balaban J connectivity index is 1.94. The van der Waals surface area contributed by atoms with Crippen molar-refractivity contribution >= 4 is 34.9 Å². The van der Waals surface area contributed by atoms with E-state index in [1.54, 1.807) is 14.0 Å². The van der Waals surface area contributed by atoms with Gasteiger partial charge in [0.2, 0.25) is 5.95 Å². The molecule has 0 unspecified atom stereocenters. The molecule has 2 aromatic rings. The number of hydrogen-bond donors (Lipinski definition) is 2. The summed E-state index contributed by atoms with van der Waals surface area (Å²) < 4.78 is 34.1.